The molecule has 14 heavy (non-hydrogen) atoms. The summed E-state index contributed by atoms with van der Waals surface area (Å²) in [5, 5.41) is 9.20. The first kappa shape index (κ1) is 13.0. The van der Waals surface area contributed by atoms with Crippen LogP contribution in [0.25, 0.3) is 0 Å². The van der Waals surface area contributed by atoms with E-state index in [1.54, 1.807) is 0 Å². The van der Waals surface area contributed by atoms with E-state index in [0.29, 0.717) is 0 Å². The van der Waals surface area contributed by atoms with Crippen molar-refractivity contribution in [3.05, 3.63) is 24.3 Å². The van der Waals surface area contributed by atoms with E-state index in [1.807, 2.05) is 19.1 Å². The molecule has 0 aliphatic rings. The standard InChI is InChI=1S/C13H21N/c1-4-7-8-11-13(12-14,9-5-2)10-6-3/h5,7-9H,4,6,10-11H2,1-3H3. The monoisotopic (exact) mass is 191 g/mol. The van der Waals surface area contributed by atoms with Crippen molar-refractivity contribution in [2.75, 3.05) is 0 Å². The minimum absolute atomic E-state index is 0.269. The fourth-order valence-corrected chi connectivity index (χ4v) is 1.62. The molecule has 0 fully saturated rings. The van der Waals surface area contributed by atoms with Crippen LogP contribution in [0.3, 0.4) is 0 Å². The largest absolute Gasteiger partial charge is 0.197 e. The number of nitrogens with zero attached hydrogens (tertiary/aromatic N) is 1. The van der Waals surface area contributed by atoms with Crippen molar-refractivity contribution < 1.29 is 0 Å². The smallest absolute Gasteiger partial charge is 0.0787 e. The van der Waals surface area contributed by atoms with Gasteiger partial charge in [0.1, 0.15) is 0 Å². The average Bonchev–Trinajstić information content (AvgIpc) is 2.19. The second-order valence-corrected chi connectivity index (χ2v) is 3.60. The van der Waals surface area contributed by atoms with E-state index in [4.69, 9.17) is 0 Å². The molecular weight excluding hydrogens is 170 g/mol. The van der Waals surface area contributed by atoms with Gasteiger partial charge in [-0.3, -0.25) is 0 Å². The highest BCUT2D eigenvalue weighted by Gasteiger charge is 2.23. The van der Waals surface area contributed by atoms with Crippen LogP contribution in [0.15, 0.2) is 24.3 Å². The molecule has 0 N–H and O–H groups in total. The molecule has 0 aromatic rings. The summed E-state index contributed by atoms with van der Waals surface area (Å²) in [6.45, 7) is 6.21. The summed E-state index contributed by atoms with van der Waals surface area (Å²) in [5.41, 5.74) is -0.269. The normalized spacial score (nSPS) is 15.9. The topological polar surface area (TPSA) is 23.8 Å². The van der Waals surface area contributed by atoms with Crippen LogP contribution in [0.5, 0.6) is 0 Å². The predicted octanol–water partition coefficient (Wildman–Crippen LogP) is 4.23. The third kappa shape index (κ3) is 4.28. The Morgan fingerprint density at radius 3 is 2.43 bits per heavy atom. The Labute approximate surface area is 88.1 Å². The Balaban J connectivity index is 4.51. The molecule has 0 amide bonds. The maximum absolute atomic E-state index is 9.20. The van der Waals surface area contributed by atoms with Crippen LogP contribution < -0.4 is 0 Å². The number of hydrogen-bond donors (Lipinski definition) is 0. The van der Waals surface area contributed by atoms with Crippen molar-refractivity contribution in [2.24, 2.45) is 5.41 Å². The van der Waals surface area contributed by atoms with E-state index in [0.717, 1.165) is 25.7 Å². The molecule has 0 aliphatic carbocycles. The SMILES string of the molecule is CC=CC(C#N)(CC=CCC)CCC. The highest BCUT2D eigenvalue weighted by atomic mass is 14.3. The second-order valence-electron chi connectivity index (χ2n) is 3.60. The Bertz CT molecular complexity index is 232. The fourth-order valence-electron chi connectivity index (χ4n) is 1.62. The first-order valence-corrected chi connectivity index (χ1v) is 5.44. The Morgan fingerprint density at radius 2 is 2.00 bits per heavy atom. The lowest BCUT2D eigenvalue weighted by atomic mass is 9.81. The van der Waals surface area contributed by atoms with Crippen molar-refractivity contribution in [3.63, 3.8) is 0 Å². The van der Waals surface area contributed by atoms with E-state index in [-0.39, 0.29) is 5.41 Å². The maximum atomic E-state index is 9.20. The van der Waals surface area contributed by atoms with Crippen molar-refractivity contribution >= 4 is 0 Å². The molecule has 1 atom stereocenters. The minimum Gasteiger partial charge on any atom is -0.197 e. The molecule has 0 saturated heterocycles. The molecule has 0 rings (SSSR count). The Kier molecular flexibility index (Phi) is 6.84. The van der Waals surface area contributed by atoms with Gasteiger partial charge in [0.25, 0.3) is 0 Å². The van der Waals surface area contributed by atoms with Crippen LogP contribution in [0.4, 0.5) is 0 Å². The summed E-state index contributed by atoms with van der Waals surface area (Å²) in [6.07, 6.45) is 12.2. The lowest BCUT2D eigenvalue weighted by Gasteiger charge is -2.20. The van der Waals surface area contributed by atoms with Gasteiger partial charge in [0.15, 0.2) is 0 Å². The van der Waals surface area contributed by atoms with Crippen molar-refractivity contribution in [1.82, 2.24) is 0 Å². The number of allylic oxidation sites excluding steroid dienone is 4. The van der Waals surface area contributed by atoms with Gasteiger partial charge in [-0.05, 0) is 26.2 Å². The number of nitriles is 1. The van der Waals surface area contributed by atoms with Gasteiger partial charge < -0.3 is 0 Å². The van der Waals surface area contributed by atoms with Crippen LogP contribution >= 0.6 is 0 Å². The minimum atomic E-state index is -0.269. The maximum Gasteiger partial charge on any atom is 0.0787 e. The molecule has 0 aromatic carbocycles. The first-order chi connectivity index (χ1) is 6.74. The lowest BCUT2D eigenvalue weighted by molar-refractivity contribution is 0.462. The van der Waals surface area contributed by atoms with Crippen LogP contribution in [0.1, 0.15) is 46.5 Å². The number of rotatable bonds is 6. The quantitative estimate of drug-likeness (QED) is 0.576. The van der Waals surface area contributed by atoms with Crippen molar-refractivity contribution in [2.45, 2.75) is 46.5 Å². The van der Waals surface area contributed by atoms with Crippen molar-refractivity contribution in [1.29, 1.82) is 5.26 Å². The van der Waals surface area contributed by atoms with E-state index in [1.165, 1.54) is 0 Å². The van der Waals surface area contributed by atoms with Crippen LogP contribution in [0, 0.1) is 16.7 Å². The number of hydrogen-bond acceptors (Lipinski definition) is 1. The Morgan fingerprint density at radius 1 is 1.29 bits per heavy atom. The van der Waals surface area contributed by atoms with Gasteiger partial charge in [-0.25, -0.2) is 0 Å². The van der Waals surface area contributed by atoms with E-state index in [9.17, 15) is 5.26 Å². The molecule has 1 heteroatoms. The zero-order chi connectivity index (χ0) is 10.9. The lowest BCUT2D eigenvalue weighted by Crippen LogP contribution is -2.13. The molecule has 0 saturated carbocycles. The second kappa shape index (κ2) is 7.38. The van der Waals surface area contributed by atoms with Gasteiger partial charge in [-0.15, -0.1) is 0 Å². The molecule has 0 aromatic heterocycles. The molecule has 0 heterocycles. The first-order valence-electron chi connectivity index (χ1n) is 5.44. The highest BCUT2D eigenvalue weighted by Crippen LogP contribution is 2.29. The summed E-state index contributed by atoms with van der Waals surface area (Å²) >= 11 is 0. The van der Waals surface area contributed by atoms with Gasteiger partial charge in [-0.1, -0.05) is 44.6 Å². The van der Waals surface area contributed by atoms with Gasteiger partial charge in [-0.2, -0.15) is 5.26 Å². The zero-order valence-corrected chi connectivity index (χ0v) is 9.59. The van der Waals surface area contributed by atoms with Gasteiger partial charge >= 0.3 is 0 Å². The zero-order valence-electron chi connectivity index (χ0n) is 9.59. The Hall–Kier alpha value is -1.03. The summed E-state index contributed by atoms with van der Waals surface area (Å²) in [6, 6.07) is 2.44. The fraction of sp³-hybridized carbons (Fsp3) is 0.615. The third-order valence-electron chi connectivity index (χ3n) is 2.29. The molecule has 0 aliphatic heterocycles. The van der Waals surface area contributed by atoms with E-state index < -0.39 is 0 Å². The van der Waals surface area contributed by atoms with Crippen LogP contribution in [-0.2, 0) is 0 Å². The summed E-state index contributed by atoms with van der Waals surface area (Å²) in [5.74, 6) is 0. The molecule has 1 nitrogen and oxygen atoms in total. The summed E-state index contributed by atoms with van der Waals surface area (Å²) in [4.78, 5) is 0. The van der Waals surface area contributed by atoms with Gasteiger partial charge in [0.2, 0.25) is 0 Å². The highest BCUT2D eigenvalue weighted by molar-refractivity contribution is 5.14. The van der Waals surface area contributed by atoms with Crippen LogP contribution in [-0.4, -0.2) is 0 Å². The van der Waals surface area contributed by atoms with Crippen molar-refractivity contribution in [3.8, 4) is 6.07 Å². The van der Waals surface area contributed by atoms with Gasteiger partial charge in [0, 0.05) is 0 Å². The molecule has 0 bridgehead atoms. The third-order valence-corrected chi connectivity index (χ3v) is 2.29. The molecule has 78 valence electrons. The molecule has 0 spiro atoms. The van der Waals surface area contributed by atoms with E-state index in [2.05, 4.69) is 32.1 Å². The molecular formula is C13H21N. The van der Waals surface area contributed by atoms with Crippen LogP contribution in [0.2, 0.25) is 0 Å². The summed E-state index contributed by atoms with van der Waals surface area (Å²) in [7, 11) is 0. The average molecular weight is 191 g/mol. The molecule has 1 unspecified atom stereocenters. The summed E-state index contributed by atoms with van der Waals surface area (Å²) < 4.78 is 0. The molecule has 0 radical (unpaired) electrons. The van der Waals surface area contributed by atoms with E-state index >= 15 is 0 Å². The van der Waals surface area contributed by atoms with Gasteiger partial charge in [0.05, 0.1) is 11.5 Å². The predicted molar refractivity (Wildman–Crippen MR) is 61.8 cm³/mol.